The van der Waals surface area contributed by atoms with E-state index < -0.39 is 23.8 Å². The number of phenols is 1. The maximum Gasteiger partial charge on any atom is 0.319 e. The van der Waals surface area contributed by atoms with Crippen molar-refractivity contribution >= 4 is 92.0 Å². The topological polar surface area (TPSA) is 208 Å². The molecule has 2 saturated heterocycles. The van der Waals surface area contributed by atoms with Crippen molar-refractivity contribution in [2.45, 2.75) is 32.0 Å². The van der Waals surface area contributed by atoms with Gasteiger partial charge in [0.1, 0.15) is 35.5 Å². The van der Waals surface area contributed by atoms with Crippen LogP contribution in [-0.4, -0.2) is 113 Å². The van der Waals surface area contributed by atoms with Gasteiger partial charge in [-0.1, -0.05) is 66.2 Å². The lowest BCUT2D eigenvalue weighted by atomic mass is 9.96. The van der Waals surface area contributed by atoms with Crippen LogP contribution in [0.25, 0.3) is 32.8 Å². The third-order valence-corrected chi connectivity index (χ3v) is 12.8. The van der Waals surface area contributed by atoms with Gasteiger partial charge >= 0.3 is 6.03 Å². The second-order valence-corrected chi connectivity index (χ2v) is 17.7. The summed E-state index contributed by atoms with van der Waals surface area (Å²) < 4.78 is 28.7. The number of benzene rings is 5. The third-order valence-electron chi connectivity index (χ3n) is 12.2. The van der Waals surface area contributed by atoms with Crippen LogP contribution in [0.5, 0.6) is 11.5 Å². The molecule has 5 aromatic carbocycles. The first kappa shape index (κ1) is 47.5. The number of aromatic hydroxyl groups is 1. The van der Waals surface area contributed by atoms with Gasteiger partial charge in [0, 0.05) is 85.5 Å². The number of fused-ring (bicyclic) bond motifs is 3. The molecule has 0 aliphatic carbocycles. The van der Waals surface area contributed by atoms with Crippen LogP contribution in [0.1, 0.15) is 34.3 Å². The largest absolute Gasteiger partial charge is 0.508 e. The third kappa shape index (κ3) is 10.2. The molecule has 1 atom stereocenters. The van der Waals surface area contributed by atoms with Crippen LogP contribution in [0, 0.1) is 5.82 Å². The Balaban J connectivity index is 0.795. The van der Waals surface area contributed by atoms with Crippen molar-refractivity contribution in [3.8, 4) is 22.6 Å². The summed E-state index contributed by atoms with van der Waals surface area (Å²) in [4.78, 5) is 76.8. The fraction of sp³-hybridized carbons (Fsp3) is 0.260. The smallest absolute Gasteiger partial charge is 0.319 e. The van der Waals surface area contributed by atoms with Crippen molar-refractivity contribution < 1.29 is 42.9 Å². The highest BCUT2D eigenvalue weighted by Gasteiger charge is 2.39. The molecule has 20 heteroatoms. The van der Waals surface area contributed by atoms with E-state index in [1.807, 2.05) is 35.2 Å². The number of piperidine rings is 1. The number of hydrogen-bond donors (Lipinski definition) is 5. The Morgan fingerprint density at radius 1 is 0.929 bits per heavy atom. The number of nitrogens with one attached hydrogen (secondary N) is 4. The molecule has 1 aromatic heterocycles. The summed E-state index contributed by atoms with van der Waals surface area (Å²) in [6.45, 7) is 6.38. The van der Waals surface area contributed by atoms with E-state index in [2.05, 4.69) is 32.8 Å². The molecule has 0 bridgehead atoms. The Labute approximate surface area is 410 Å². The summed E-state index contributed by atoms with van der Waals surface area (Å²) in [5.41, 5.74) is 2.84. The second-order valence-electron chi connectivity index (χ2n) is 16.8. The number of halogens is 3. The Morgan fingerprint density at radius 3 is 2.54 bits per heavy atom. The number of rotatable bonds is 15. The van der Waals surface area contributed by atoms with Crippen molar-refractivity contribution in [2.75, 3.05) is 68.1 Å². The summed E-state index contributed by atoms with van der Waals surface area (Å²) in [6.07, 6.45) is 1.71. The Hall–Kier alpha value is -7.54. The monoisotopic (exact) mass is 989 g/mol. The first-order chi connectivity index (χ1) is 33.8. The van der Waals surface area contributed by atoms with Gasteiger partial charge in [-0.25, -0.2) is 14.2 Å². The van der Waals surface area contributed by atoms with Gasteiger partial charge in [0.05, 0.1) is 18.2 Å². The number of aromatic nitrogens is 2. The zero-order valence-corrected chi connectivity index (χ0v) is 39.0. The van der Waals surface area contributed by atoms with Crippen LogP contribution in [0.4, 0.5) is 26.6 Å². The minimum Gasteiger partial charge on any atom is -0.508 e. The molecular formula is C50H46Cl2FN9O8. The molecule has 0 radical (unpaired) electrons. The molecule has 3 aliphatic heterocycles. The molecule has 6 aromatic rings. The number of urea groups is 1. The molecular weight excluding hydrogens is 945 g/mol. The molecule has 0 spiro atoms. The van der Waals surface area contributed by atoms with E-state index in [0.717, 1.165) is 11.1 Å². The van der Waals surface area contributed by atoms with Gasteiger partial charge in [-0.15, -0.1) is 0 Å². The average molecular weight is 991 g/mol. The quantitative estimate of drug-likeness (QED) is 0.0400. The molecule has 17 nitrogen and oxygen atoms in total. The summed E-state index contributed by atoms with van der Waals surface area (Å²) in [5.74, 6) is -1.05. The van der Waals surface area contributed by atoms with E-state index in [1.54, 1.807) is 47.4 Å². The van der Waals surface area contributed by atoms with Crippen LogP contribution in [0.2, 0.25) is 10.0 Å². The van der Waals surface area contributed by atoms with Gasteiger partial charge in [0.2, 0.25) is 23.7 Å². The van der Waals surface area contributed by atoms with E-state index in [4.69, 9.17) is 37.7 Å². The first-order valence-electron chi connectivity index (χ1n) is 22.5. The zero-order chi connectivity index (χ0) is 49.1. The minimum absolute atomic E-state index is 0.0190. The number of carbonyl (C=O) groups is 5. The number of anilines is 3. The number of amides is 6. The lowest BCUT2D eigenvalue weighted by molar-refractivity contribution is -0.137. The van der Waals surface area contributed by atoms with E-state index in [1.165, 1.54) is 17.0 Å². The lowest BCUT2D eigenvalue weighted by Gasteiger charge is -2.35. The van der Waals surface area contributed by atoms with E-state index in [0.29, 0.717) is 75.7 Å². The van der Waals surface area contributed by atoms with Crippen LogP contribution in [-0.2, 0) is 32.2 Å². The number of ether oxygens (including phenoxy) is 2. The average Bonchev–Trinajstić information content (AvgIpc) is 3.67. The highest BCUT2D eigenvalue weighted by atomic mass is 35.5. The van der Waals surface area contributed by atoms with Gasteiger partial charge in [0.15, 0.2) is 5.82 Å². The highest BCUT2D eigenvalue weighted by molar-refractivity contribution is 6.35. The Bertz CT molecular complexity index is 3100. The first-order valence-corrected chi connectivity index (χ1v) is 23.2. The molecule has 5 N–H and O–H groups in total. The SMILES string of the molecule is C=CC(=O)N1CCN(c2nc(NCCOCCOc3cc(Cl)cc(NC(=O)NCc4ccc5c(c4)CN(C4CCC(=O)NC4=O)C5=O)c3)nc3c(F)c(-c4cc(O)cc5ccccc45)c(Cl)cc23)CC1. The molecule has 360 valence electrons. The van der Waals surface area contributed by atoms with Gasteiger partial charge in [-0.2, -0.15) is 4.98 Å². The predicted molar refractivity (Wildman–Crippen MR) is 263 cm³/mol. The fourth-order valence-corrected chi connectivity index (χ4v) is 9.40. The number of imide groups is 1. The zero-order valence-electron chi connectivity index (χ0n) is 37.5. The van der Waals surface area contributed by atoms with Crippen molar-refractivity contribution in [2.24, 2.45) is 0 Å². The number of phenolic OH excluding ortho intramolecular Hbond substituents is 1. The van der Waals surface area contributed by atoms with E-state index in [-0.39, 0.29) is 97.8 Å². The predicted octanol–water partition coefficient (Wildman–Crippen LogP) is 7.03. The fourth-order valence-electron chi connectivity index (χ4n) is 8.89. The van der Waals surface area contributed by atoms with E-state index >= 15 is 4.39 Å². The van der Waals surface area contributed by atoms with E-state index in [9.17, 15) is 29.1 Å². The molecule has 6 amide bonds. The normalized spacial score (nSPS) is 15.8. The standard InChI is InChI=1S/C50H46Cl2FN9O8/c1-2-42(65)60-12-14-61(15-13-60)46-38-25-39(52)43(37-24-33(63)20-29-5-3-4-6-35(29)37)44(53)45(38)58-49(59-46)54-11-16-69-17-18-70-34-22-31(51)21-32(23-34)56-50(68)55-26-28-7-8-36-30(19-28)27-62(48(36)67)40-9-10-41(64)57-47(40)66/h2-8,19-25,40,63H,1,9-18,26-27H2,(H,54,58,59)(H2,55,56,68)(H,57,64,66). The molecule has 70 heavy (non-hydrogen) atoms. The summed E-state index contributed by atoms with van der Waals surface area (Å²) in [6, 6.07) is 20.8. The van der Waals surface area contributed by atoms with Crippen LogP contribution < -0.4 is 30.9 Å². The van der Waals surface area contributed by atoms with Crippen molar-refractivity contribution in [1.82, 2.24) is 30.4 Å². The van der Waals surface area contributed by atoms with Gasteiger partial charge in [-0.3, -0.25) is 24.5 Å². The van der Waals surface area contributed by atoms with Crippen molar-refractivity contribution in [3.63, 3.8) is 0 Å². The minimum atomic E-state index is -0.719. The summed E-state index contributed by atoms with van der Waals surface area (Å²) >= 11 is 13.2. The summed E-state index contributed by atoms with van der Waals surface area (Å²) in [5, 5.41) is 23.8. The lowest BCUT2D eigenvalue weighted by Crippen LogP contribution is -2.52. The van der Waals surface area contributed by atoms with Gasteiger partial charge < -0.3 is 45.2 Å². The number of hydrogen-bond acceptors (Lipinski definition) is 12. The maximum atomic E-state index is 17.0. The Morgan fingerprint density at radius 2 is 1.74 bits per heavy atom. The van der Waals surface area contributed by atoms with Crippen molar-refractivity contribution in [1.29, 1.82) is 0 Å². The molecule has 3 aliphatic rings. The Kier molecular flexibility index (Phi) is 14.0. The number of carbonyl (C=O) groups excluding carboxylic acids is 5. The molecule has 4 heterocycles. The van der Waals surface area contributed by atoms with Gasteiger partial charge in [0.25, 0.3) is 5.91 Å². The molecule has 2 fully saturated rings. The maximum absolute atomic E-state index is 17.0. The van der Waals surface area contributed by atoms with Crippen LogP contribution in [0.3, 0.4) is 0 Å². The summed E-state index contributed by atoms with van der Waals surface area (Å²) in [7, 11) is 0. The highest BCUT2D eigenvalue weighted by Crippen LogP contribution is 2.42. The van der Waals surface area contributed by atoms with Crippen LogP contribution in [0.15, 0.2) is 91.5 Å². The second kappa shape index (κ2) is 20.6. The molecule has 1 unspecified atom stereocenters. The van der Waals surface area contributed by atoms with Gasteiger partial charge in [-0.05, 0) is 76.4 Å². The number of piperazine rings is 1. The van der Waals surface area contributed by atoms with Crippen molar-refractivity contribution in [3.05, 3.63) is 124 Å². The number of nitrogens with zero attached hydrogens (tertiary/aromatic N) is 5. The van der Waals surface area contributed by atoms with Crippen LogP contribution >= 0.6 is 23.2 Å². The molecule has 9 rings (SSSR count). The molecule has 0 saturated carbocycles.